The number of amides is 2. The number of rotatable bonds is 8. The fourth-order valence-corrected chi connectivity index (χ4v) is 2.99. The molecule has 28 heavy (non-hydrogen) atoms. The van der Waals surface area contributed by atoms with Gasteiger partial charge in [0.1, 0.15) is 5.82 Å². The number of para-hydroxylation sites is 1. The highest BCUT2D eigenvalue weighted by molar-refractivity contribution is 5.93. The van der Waals surface area contributed by atoms with Crippen molar-refractivity contribution in [3.63, 3.8) is 0 Å². The van der Waals surface area contributed by atoms with Gasteiger partial charge in [0.2, 0.25) is 11.8 Å². The maximum Gasteiger partial charge on any atom is 0.308 e. The molecule has 0 radical (unpaired) electrons. The van der Waals surface area contributed by atoms with E-state index < -0.39 is 23.6 Å². The Morgan fingerprint density at radius 3 is 2.32 bits per heavy atom. The molecule has 2 amide bonds. The standard InChI is InChI=1S/C19H27FN4O4/c1-22(2)18(26)13-24-9-7-23(8-10-24)12-14(19(27)28)11-17(25)21-16-6-4-3-5-15(16)20/h3-6,14H,7-13H2,1-2H3,(H,21,25)(H,27,28)/t14-/m0/s1. The topological polar surface area (TPSA) is 93.2 Å². The molecular formula is C19H27FN4O4. The molecule has 0 unspecified atom stereocenters. The van der Waals surface area contributed by atoms with Gasteiger partial charge in [-0.1, -0.05) is 12.1 Å². The molecule has 1 heterocycles. The first kappa shape index (κ1) is 21.8. The zero-order chi connectivity index (χ0) is 20.7. The van der Waals surface area contributed by atoms with E-state index in [1.165, 1.54) is 18.2 Å². The second-order valence-corrected chi connectivity index (χ2v) is 7.13. The molecule has 1 aliphatic heterocycles. The molecule has 9 heteroatoms. The highest BCUT2D eigenvalue weighted by Gasteiger charge is 2.27. The Balaban J connectivity index is 1.83. The SMILES string of the molecule is CN(C)C(=O)CN1CCN(C[C@H](CC(=O)Nc2ccccc2F)C(=O)O)CC1. The molecular weight excluding hydrogens is 367 g/mol. The van der Waals surface area contributed by atoms with E-state index in [0.717, 1.165) is 0 Å². The zero-order valence-corrected chi connectivity index (χ0v) is 16.2. The largest absolute Gasteiger partial charge is 0.481 e. The molecule has 8 nitrogen and oxygen atoms in total. The minimum absolute atomic E-state index is 0.0293. The molecule has 0 spiro atoms. The molecule has 0 aliphatic carbocycles. The molecule has 1 aromatic carbocycles. The van der Waals surface area contributed by atoms with Crippen molar-refractivity contribution >= 4 is 23.5 Å². The van der Waals surface area contributed by atoms with Crippen LogP contribution < -0.4 is 5.32 Å². The van der Waals surface area contributed by atoms with Gasteiger partial charge in [-0.25, -0.2) is 4.39 Å². The molecule has 1 aliphatic rings. The van der Waals surface area contributed by atoms with Crippen LogP contribution in [0.4, 0.5) is 10.1 Å². The summed E-state index contributed by atoms with van der Waals surface area (Å²) in [6.45, 7) is 3.14. The van der Waals surface area contributed by atoms with Gasteiger partial charge in [-0.05, 0) is 12.1 Å². The number of nitrogens with zero attached hydrogens (tertiary/aromatic N) is 3. The van der Waals surface area contributed by atoms with Crippen molar-refractivity contribution in [2.24, 2.45) is 5.92 Å². The second kappa shape index (κ2) is 10.1. The number of hydrogen-bond donors (Lipinski definition) is 2. The van der Waals surface area contributed by atoms with Gasteiger partial charge in [0, 0.05) is 53.2 Å². The lowest BCUT2D eigenvalue weighted by molar-refractivity contribution is -0.144. The minimum Gasteiger partial charge on any atom is -0.481 e. The van der Waals surface area contributed by atoms with Crippen LogP contribution in [0.2, 0.25) is 0 Å². The highest BCUT2D eigenvalue weighted by Crippen LogP contribution is 2.15. The number of carbonyl (C=O) groups excluding carboxylic acids is 2. The maximum atomic E-state index is 13.6. The van der Waals surface area contributed by atoms with E-state index in [1.807, 2.05) is 9.80 Å². The number of carboxylic acids is 1. The average Bonchev–Trinajstić information content (AvgIpc) is 2.64. The summed E-state index contributed by atoms with van der Waals surface area (Å²) in [5.74, 6) is -3.02. The van der Waals surface area contributed by atoms with Crippen molar-refractivity contribution in [3.8, 4) is 0 Å². The van der Waals surface area contributed by atoms with Gasteiger partial charge in [0.25, 0.3) is 0 Å². The third kappa shape index (κ3) is 6.58. The van der Waals surface area contributed by atoms with E-state index in [1.54, 1.807) is 25.1 Å². The van der Waals surface area contributed by atoms with Crippen molar-refractivity contribution in [2.75, 3.05) is 58.7 Å². The number of halogens is 1. The van der Waals surface area contributed by atoms with Crippen LogP contribution in [0.15, 0.2) is 24.3 Å². The predicted molar refractivity (Wildman–Crippen MR) is 102 cm³/mol. The molecule has 1 atom stereocenters. The van der Waals surface area contributed by atoms with Crippen molar-refractivity contribution in [2.45, 2.75) is 6.42 Å². The quantitative estimate of drug-likeness (QED) is 0.669. The number of piperazine rings is 1. The van der Waals surface area contributed by atoms with Crippen LogP contribution in [0, 0.1) is 11.7 Å². The Morgan fingerprint density at radius 2 is 1.75 bits per heavy atom. The Kier molecular flexibility index (Phi) is 7.89. The van der Waals surface area contributed by atoms with E-state index in [4.69, 9.17) is 0 Å². The predicted octanol–water partition coefficient (Wildman–Crippen LogP) is 0.561. The van der Waals surface area contributed by atoms with Gasteiger partial charge in [0.05, 0.1) is 18.2 Å². The van der Waals surface area contributed by atoms with Crippen LogP contribution in [0.3, 0.4) is 0 Å². The summed E-state index contributed by atoms with van der Waals surface area (Å²) >= 11 is 0. The Hall–Kier alpha value is -2.52. The van der Waals surface area contributed by atoms with Crippen LogP contribution in [-0.2, 0) is 14.4 Å². The molecule has 0 saturated carbocycles. The lowest BCUT2D eigenvalue weighted by Gasteiger charge is -2.35. The summed E-state index contributed by atoms with van der Waals surface area (Å²) in [6.07, 6.45) is -0.233. The van der Waals surface area contributed by atoms with Crippen LogP contribution in [0.1, 0.15) is 6.42 Å². The molecule has 0 bridgehead atoms. The Morgan fingerprint density at radius 1 is 1.14 bits per heavy atom. The van der Waals surface area contributed by atoms with E-state index in [-0.39, 0.29) is 24.6 Å². The smallest absolute Gasteiger partial charge is 0.308 e. The van der Waals surface area contributed by atoms with Gasteiger partial charge in [-0.15, -0.1) is 0 Å². The van der Waals surface area contributed by atoms with Gasteiger partial charge >= 0.3 is 5.97 Å². The molecule has 1 aromatic rings. The van der Waals surface area contributed by atoms with E-state index >= 15 is 0 Å². The molecule has 1 fully saturated rings. The lowest BCUT2D eigenvalue weighted by Crippen LogP contribution is -2.50. The monoisotopic (exact) mass is 394 g/mol. The van der Waals surface area contributed by atoms with Crippen LogP contribution >= 0.6 is 0 Å². The minimum atomic E-state index is -1.06. The fourth-order valence-electron chi connectivity index (χ4n) is 2.99. The first-order chi connectivity index (χ1) is 13.3. The van der Waals surface area contributed by atoms with Gasteiger partial charge < -0.3 is 15.3 Å². The molecule has 154 valence electrons. The number of anilines is 1. The summed E-state index contributed by atoms with van der Waals surface area (Å²) < 4.78 is 13.6. The van der Waals surface area contributed by atoms with E-state index in [0.29, 0.717) is 32.7 Å². The maximum absolute atomic E-state index is 13.6. The Bertz CT molecular complexity index is 705. The highest BCUT2D eigenvalue weighted by atomic mass is 19.1. The first-order valence-electron chi connectivity index (χ1n) is 9.18. The van der Waals surface area contributed by atoms with Crippen molar-refractivity contribution < 1.29 is 23.9 Å². The second-order valence-electron chi connectivity index (χ2n) is 7.13. The summed E-state index contributed by atoms with van der Waals surface area (Å²) in [5.41, 5.74) is 0.0378. The third-order valence-electron chi connectivity index (χ3n) is 4.73. The van der Waals surface area contributed by atoms with Gasteiger partial charge in [-0.2, -0.15) is 0 Å². The lowest BCUT2D eigenvalue weighted by atomic mass is 10.0. The van der Waals surface area contributed by atoms with Crippen LogP contribution in [0.5, 0.6) is 0 Å². The number of carbonyl (C=O) groups is 3. The number of aliphatic carboxylic acids is 1. The molecule has 1 saturated heterocycles. The molecule has 0 aromatic heterocycles. The number of carboxylic acid groups (broad SMARTS) is 1. The van der Waals surface area contributed by atoms with Gasteiger partial charge in [0.15, 0.2) is 0 Å². The summed E-state index contributed by atoms with van der Waals surface area (Å²) in [4.78, 5) is 41.0. The van der Waals surface area contributed by atoms with Gasteiger partial charge in [-0.3, -0.25) is 24.2 Å². The third-order valence-corrected chi connectivity index (χ3v) is 4.73. The summed E-state index contributed by atoms with van der Waals surface area (Å²) in [7, 11) is 3.42. The van der Waals surface area contributed by atoms with E-state index in [2.05, 4.69) is 5.32 Å². The van der Waals surface area contributed by atoms with Crippen molar-refractivity contribution in [3.05, 3.63) is 30.1 Å². The summed E-state index contributed by atoms with van der Waals surface area (Å²) in [5, 5.41) is 11.9. The first-order valence-corrected chi connectivity index (χ1v) is 9.18. The number of nitrogens with one attached hydrogen (secondary N) is 1. The number of likely N-dealkylation sites (N-methyl/N-ethyl adjacent to an activating group) is 1. The fraction of sp³-hybridized carbons (Fsp3) is 0.526. The average molecular weight is 394 g/mol. The van der Waals surface area contributed by atoms with E-state index in [9.17, 15) is 23.9 Å². The molecule has 2 rings (SSSR count). The number of benzene rings is 1. The van der Waals surface area contributed by atoms with Crippen LogP contribution in [0.25, 0.3) is 0 Å². The molecule has 2 N–H and O–H groups in total. The normalized spacial score (nSPS) is 16.4. The Labute approximate surface area is 163 Å². The van der Waals surface area contributed by atoms with Crippen LogP contribution in [-0.4, -0.2) is 91.0 Å². The zero-order valence-electron chi connectivity index (χ0n) is 16.2. The van der Waals surface area contributed by atoms with Crippen molar-refractivity contribution in [1.82, 2.24) is 14.7 Å². The van der Waals surface area contributed by atoms with Crippen molar-refractivity contribution in [1.29, 1.82) is 0 Å². The summed E-state index contributed by atoms with van der Waals surface area (Å²) in [6, 6.07) is 5.76. The number of hydrogen-bond acceptors (Lipinski definition) is 5.